The third kappa shape index (κ3) is 4.90. The lowest BCUT2D eigenvalue weighted by Gasteiger charge is -2.26. The van der Waals surface area contributed by atoms with E-state index in [0.717, 1.165) is 4.31 Å². The van der Waals surface area contributed by atoms with E-state index in [9.17, 15) is 18.0 Å². The topological polar surface area (TPSA) is 129 Å². The summed E-state index contributed by atoms with van der Waals surface area (Å²) in [7, 11) is -3.90. The van der Waals surface area contributed by atoms with E-state index < -0.39 is 15.9 Å². The molecule has 2 aromatic carbocycles. The minimum atomic E-state index is -3.90. The first-order chi connectivity index (χ1) is 13.9. The molecule has 1 aliphatic rings. The quantitative estimate of drug-likeness (QED) is 0.725. The van der Waals surface area contributed by atoms with Crippen molar-refractivity contribution in [2.24, 2.45) is 0 Å². The number of nitrogens with zero attached hydrogens (tertiary/aromatic N) is 2. The van der Waals surface area contributed by atoms with Crippen LogP contribution in [0.5, 0.6) is 5.75 Å². The van der Waals surface area contributed by atoms with Gasteiger partial charge in [-0.05, 0) is 30.3 Å². The lowest BCUT2D eigenvalue weighted by Crippen LogP contribution is -2.49. The Labute approximate surface area is 167 Å². The largest absolute Gasteiger partial charge is 0.479 e. The number of carbonyl (C=O) groups excluding carboxylic acids is 2. The second-order valence-electron chi connectivity index (χ2n) is 6.15. The zero-order valence-corrected chi connectivity index (χ0v) is 16.1. The highest BCUT2D eigenvalue weighted by Gasteiger charge is 2.29. The lowest BCUT2D eigenvalue weighted by atomic mass is 10.2. The molecule has 0 saturated carbocycles. The smallest absolute Gasteiger partial charge is 0.255 e. The zero-order valence-electron chi connectivity index (χ0n) is 15.3. The van der Waals surface area contributed by atoms with Crippen molar-refractivity contribution in [2.45, 2.75) is 4.90 Å². The molecule has 1 heterocycles. The average molecular weight is 414 g/mol. The summed E-state index contributed by atoms with van der Waals surface area (Å²) in [5.74, 6) is -0.452. The summed E-state index contributed by atoms with van der Waals surface area (Å²) >= 11 is 0. The summed E-state index contributed by atoms with van der Waals surface area (Å²) in [6.45, 7) is 0.0303. The molecule has 2 N–H and O–H groups in total. The number of hydrogen-bond acceptors (Lipinski definition) is 6. The molecule has 0 spiro atoms. The summed E-state index contributed by atoms with van der Waals surface area (Å²) in [6, 6.07) is 14.0. The van der Waals surface area contributed by atoms with Crippen LogP contribution in [0.4, 0.5) is 5.69 Å². The molecule has 1 fully saturated rings. The van der Waals surface area contributed by atoms with Gasteiger partial charge in [-0.1, -0.05) is 12.1 Å². The van der Waals surface area contributed by atoms with Gasteiger partial charge < -0.3 is 15.4 Å². The van der Waals surface area contributed by atoms with Crippen molar-refractivity contribution in [3.05, 3.63) is 54.1 Å². The minimum Gasteiger partial charge on any atom is -0.479 e. The minimum absolute atomic E-state index is 0.0639. The molecule has 0 aromatic heterocycles. The van der Waals surface area contributed by atoms with Crippen molar-refractivity contribution in [3.63, 3.8) is 0 Å². The highest BCUT2D eigenvalue weighted by atomic mass is 32.2. The molecule has 3 rings (SSSR count). The number of amides is 2. The van der Waals surface area contributed by atoms with Gasteiger partial charge in [-0.3, -0.25) is 9.59 Å². The van der Waals surface area contributed by atoms with E-state index in [-0.39, 0.29) is 42.6 Å². The fourth-order valence-corrected chi connectivity index (χ4v) is 4.19. The molecule has 1 saturated heterocycles. The van der Waals surface area contributed by atoms with Gasteiger partial charge in [0.25, 0.3) is 5.91 Å². The van der Waals surface area contributed by atoms with Crippen molar-refractivity contribution in [1.82, 2.24) is 9.62 Å². The molecule has 0 radical (unpaired) electrons. The number of piperazine rings is 1. The second kappa shape index (κ2) is 8.72. The molecule has 0 aliphatic carbocycles. The lowest BCUT2D eigenvalue weighted by molar-refractivity contribution is -0.122. The van der Waals surface area contributed by atoms with Crippen molar-refractivity contribution in [1.29, 1.82) is 5.26 Å². The normalized spacial score (nSPS) is 14.5. The zero-order chi connectivity index (χ0) is 20.9. The molecule has 0 unspecified atom stereocenters. The van der Waals surface area contributed by atoms with Crippen LogP contribution >= 0.6 is 0 Å². The molecule has 1 aliphatic heterocycles. The summed E-state index contributed by atoms with van der Waals surface area (Å²) in [5, 5.41) is 13.8. The monoisotopic (exact) mass is 414 g/mol. The maximum absolute atomic E-state index is 12.8. The van der Waals surface area contributed by atoms with E-state index in [1.165, 1.54) is 24.3 Å². The first-order valence-electron chi connectivity index (χ1n) is 8.68. The van der Waals surface area contributed by atoms with Crippen LogP contribution < -0.4 is 15.4 Å². The Kier molecular flexibility index (Phi) is 6.11. The van der Waals surface area contributed by atoms with E-state index >= 15 is 0 Å². The van der Waals surface area contributed by atoms with Gasteiger partial charge in [0.2, 0.25) is 15.9 Å². The number of nitrogens with one attached hydrogen (secondary N) is 2. The molecular formula is C19H18N4O5S. The molecule has 2 amide bonds. The number of hydrogen-bond donors (Lipinski definition) is 2. The van der Waals surface area contributed by atoms with Crippen LogP contribution in [0.25, 0.3) is 0 Å². The molecule has 9 nitrogen and oxygen atoms in total. The van der Waals surface area contributed by atoms with Gasteiger partial charge in [0.1, 0.15) is 11.8 Å². The van der Waals surface area contributed by atoms with E-state index in [1.807, 2.05) is 6.07 Å². The Morgan fingerprint density at radius 3 is 2.79 bits per heavy atom. The Bertz CT molecular complexity index is 1080. The van der Waals surface area contributed by atoms with Gasteiger partial charge in [0.05, 0.1) is 11.4 Å². The molecular weight excluding hydrogens is 396 g/mol. The molecule has 2 aromatic rings. The number of rotatable bonds is 6. The Hall–Kier alpha value is -3.42. The van der Waals surface area contributed by atoms with E-state index in [1.54, 1.807) is 24.3 Å². The van der Waals surface area contributed by atoms with Gasteiger partial charge in [0.15, 0.2) is 6.61 Å². The number of anilines is 1. The van der Waals surface area contributed by atoms with Gasteiger partial charge in [-0.25, -0.2) is 8.42 Å². The van der Waals surface area contributed by atoms with Crippen LogP contribution in [0.3, 0.4) is 0 Å². The highest BCUT2D eigenvalue weighted by molar-refractivity contribution is 7.89. The van der Waals surface area contributed by atoms with Gasteiger partial charge in [0, 0.05) is 30.4 Å². The summed E-state index contributed by atoms with van der Waals surface area (Å²) in [5.41, 5.74) is 0.585. The fraction of sp³-hybridized carbons (Fsp3) is 0.211. The van der Waals surface area contributed by atoms with E-state index in [2.05, 4.69) is 10.6 Å². The number of sulfonamides is 1. The van der Waals surface area contributed by atoms with Crippen molar-refractivity contribution in [3.8, 4) is 11.8 Å². The number of ether oxygens (including phenoxy) is 1. The molecule has 150 valence electrons. The summed E-state index contributed by atoms with van der Waals surface area (Å²) in [4.78, 5) is 24.0. The van der Waals surface area contributed by atoms with Crippen LogP contribution in [0, 0.1) is 11.3 Å². The van der Waals surface area contributed by atoms with E-state index in [4.69, 9.17) is 10.00 Å². The van der Waals surface area contributed by atoms with Crippen LogP contribution in [-0.2, 0) is 14.8 Å². The second-order valence-corrected chi connectivity index (χ2v) is 8.08. The van der Waals surface area contributed by atoms with Crippen molar-refractivity contribution >= 4 is 27.5 Å². The van der Waals surface area contributed by atoms with Gasteiger partial charge in [-0.2, -0.15) is 9.57 Å². The van der Waals surface area contributed by atoms with Gasteiger partial charge in [-0.15, -0.1) is 0 Å². The standard InChI is InChI=1S/C19H18N4O5S/c20-7-10-28-16-5-2-4-15(12-16)22-19(25)14-3-1-6-17(11-14)29(26,27)23-9-8-21-18(24)13-23/h1-6,11-12H,8-10,13H2,(H,21,24)(H,22,25). The SMILES string of the molecule is N#CCOc1cccc(NC(=O)c2cccc(S(=O)(=O)N3CCNC(=O)C3)c2)c1. The third-order valence-corrected chi connectivity index (χ3v) is 5.97. The van der Waals surface area contributed by atoms with Crippen LogP contribution in [0.15, 0.2) is 53.4 Å². The Balaban J connectivity index is 1.78. The fourth-order valence-electron chi connectivity index (χ4n) is 2.75. The third-order valence-electron chi connectivity index (χ3n) is 4.13. The highest BCUT2D eigenvalue weighted by Crippen LogP contribution is 2.20. The Morgan fingerprint density at radius 1 is 1.24 bits per heavy atom. The van der Waals surface area contributed by atoms with Gasteiger partial charge >= 0.3 is 0 Å². The summed E-state index contributed by atoms with van der Waals surface area (Å²) in [6.07, 6.45) is 0. The van der Waals surface area contributed by atoms with Crippen molar-refractivity contribution in [2.75, 3.05) is 31.6 Å². The number of nitriles is 1. The molecule has 0 bridgehead atoms. The van der Waals surface area contributed by atoms with Crippen molar-refractivity contribution < 1.29 is 22.7 Å². The van der Waals surface area contributed by atoms with Crippen LogP contribution in [0.1, 0.15) is 10.4 Å². The summed E-state index contributed by atoms with van der Waals surface area (Å²) < 4.78 is 31.8. The average Bonchev–Trinajstić information content (AvgIpc) is 2.72. The first-order valence-corrected chi connectivity index (χ1v) is 10.1. The first kappa shape index (κ1) is 20.3. The molecule has 10 heteroatoms. The van der Waals surface area contributed by atoms with E-state index in [0.29, 0.717) is 11.4 Å². The number of carbonyl (C=O) groups is 2. The molecule has 29 heavy (non-hydrogen) atoms. The van der Waals surface area contributed by atoms with Crippen LogP contribution in [0.2, 0.25) is 0 Å². The maximum atomic E-state index is 12.8. The predicted octanol–water partition coefficient (Wildman–Crippen LogP) is 0.962. The predicted molar refractivity (Wildman–Crippen MR) is 104 cm³/mol. The number of benzene rings is 2. The van der Waals surface area contributed by atoms with Crippen LogP contribution in [-0.4, -0.2) is 50.8 Å². The Morgan fingerprint density at radius 2 is 2.03 bits per heavy atom. The molecule has 0 atom stereocenters. The maximum Gasteiger partial charge on any atom is 0.255 e.